The lowest BCUT2D eigenvalue weighted by atomic mass is 10.1. The molecule has 6 heteroatoms. The molecule has 1 aromatic heterocycles. The Morgan fingerprint density at radius 1 is 1.03 bits per heavy atom. The van der Waals surface area contributed by atoms with E-state index in [-0.39, 0.29) is 5.82 Å². The number of halogens is 1. The maximum atomic E-state index is 13.4. The summed E-state index contributed by atoms with van der Waals surface area (Å²) in [6, 6.07) is 17.1. The monoisotopic (exact) mass is 412 g/mol. The largest absolute Gasteiger partial charge is 0.370 e. The van der Waals surface area contributed by atoms with Gasteiger partial charge in [-0.1, -0.05) is 30.3 Å². The van der Waals surface area contributed by atoms with E-state index in [1.807, 2.05) is 30.3 Å². The molecule has 152 valence electrons. The van der Waals surface area contributed by atoms with Crippen molar-refractivity contribution in [3.05, 3.63) is 76.2 Å². The van der Waals surface area contributed by atoms with Crippen LogP contribution in [0.1, 0.15) is 12.0 Å². The van der Waals surface area contributed by atoms with Gasteiger partial charge in [-0.2, -0.15) is 0 Å². The van der Waals surface area contributed by atoms with E-state index < -0.39 is 0 Å². The third kappa shape index (κ3) is 5.41. The Morgan fingerprint density at radius 2 is 1.79 bits per heavy atom. The van der Waals surface area contributed by atoms with Gasteiger partial charge in [-0.15, -0.1) is 11.3 Å². The first-order chi connectivity index (χ1) is 14.3. The molecule has 29 heavy (non-hydrogen) atoms. The van der Waals surface area contributed by atoms with Gasteiger partial charge in [0.1, 0.15) is 18.9 Å². The fourth-order valence-electron chi connectivity index (χ4n) is 3.66. The Labute approximate surface area is 174 Å². The van der Waals surface area contributed by atoms with Crippen LogP contribution in [0.5, 0.6) is 0 Å². The summed E-state index contributed by atoms with van der Waals surface area (Å²) in [6.07, 6.45) is 1.08. The number of benzene rings is 2. The van der Waals surface area contributed by atoms with Crippen molar-refractivity contribution in [3.63, 3.8) is 0 Å². The summed E-state index contributed by atoms with van der Waals surface area (Å²) in [5, 5.41) is 2.14. The molecule has 0 saturated carbocycles. The van der Waals surface area contributed by atoms with Gasteiger partial charge in [-0.05, 0) is 35.4 Å². The molecule has 0 bridgehead atoms. The Hall–Kier alpha value is -2.28. The maximum Gasteiger partial charge on any atom is 0.185 e. The zero-order valence-corrected chi connectivity index (χ0v) is 17.3. The van der Waals surface area contributed by atoms with Crippen molar-refractivity contribution < 1.29 is 14.0 Å². The van der Waals surface area contributed by atoms with E-state index in [9.17, 15) is 4.39 Å². The average molecular weight is 413 g/mol. The van der Waals surface area contributed by atoms with Crippen LogP contribution >= 0.6 is 11.3 Å². The molecular formula is C23H27FN3OS+. The van der Waals surface area contributed by atoms with Crippen LogP contribution < -0.4 is 9.70 Å². The molecule has 4 rings (SSSR count). The van der Waals surface area contributed by atoms with Crippen molar-refractivity contribution in [1.82, 2.24) is 4.57 Å². The quantitative estimate of drug-likeness (QED) is 0.636. The summed E-state index contributed by atoms with van der Waals surface area (Å²) in [6.45, 7) is 6.61. The van der Waals surface area contributed by atoms with Crippen LogP contribution in [-0.4, -0.2) is 37.4 Å². The number of aromatic nitrogens is 1. The third-order valence-corrected chi connectivity index (χ3v) is 6.19. The fourth-order valence-corrected chi connectivity index (χ4v) is 4.60. The SMILES string of the molecule is Fc1ccc(-c2csc(=NCc3ccccc3)n2CCC[NH+]2CCOCC2)cc1. The molecule has 2 aromatic carbocycles. The lowest BCUT2D eigenvalue weighted by Crippen LogP contribution is -3.14. The van der Waals surface area contributed by atoms with Crippen LogP contribution in [0, 0.1) is 5.82 Å². The number of hydrogen-bond acceptors (Lipinski definition) is 3. The van der Waals surface area contributed by atoms with E-state index in [0.29, 0.717) is 6.54 Å². The molecule has 0 aliphatic carbocycles. The highest BCUT2D eigenvalue weighted by Gasteiger charge is 2.14. The summed E-state index contributed by atoms with van der Waals surface area (Å²) in [4.78, 5) is 7.51. The highest BCUT2D eigenvalue weighted by atomic mass is 32.1. The average Bonchev–Trinajstić information content (AvgIpc) is 3.17. The number of nitrogens with zero attached hydrogens (tertiary/aromatic N) is 2. The number of nitrogens with one attached hydrogen (secondary N) is 1. The van der Waals surface area contributed by atoms with Crippen molar-refractivity contribution in [1.29, 1.82) is 0 Å². The first-order valence-electron chi connectivity index (χ1n) is 10.2. The smallest absolute Gasteiger partial charge is 0.185 e. The van der Waals surface area contributed by atoms with E-state index in [0.717, 1.165) is 61.9 Å². The van der Waals surface area contributed by atoms with Crippen LogP contribution in [0.2, 0.25) is 0 Å². The summed E-state index contributed by atoms with van der Waals surface area (Å²) in [7, 11) is 0. The van der Waals surface area contributed by atoms with Gasteiger partial charge in [-0.3, -0.25) is 4.99 Å². The van der Waals surface area contributed by atoms with Crippen LogP contribution in [0.3, 0.4) is 0 Å². The molecule has 4 nitrogen and oxygen atoms in total. The Balaban J connectivity index is 1.55. The molecule has 1 aliphatic heterocycles. The number of quaternary nitrogens is 1. The van der Waals surface area contributed by atoms with E-state index in [4.69, 9.17) is 9.73 Å². The van der Waals surface area contributed by atoms with Crippen LogP contribution in [0.4, 0.5) is 4.39 Å². The Morgan fingerprint density at radius 3 is 2.55 bits per heavy atom. The molecule has 0 radical (unpaired) electrons. The minimum absolute atomic E-state index is 0.208. The second kappa shape index (κ2) is 9.96. The third-order valence-electron chi connectivity index (χ3n) is 5.29. The molecule has 0 amide bonds. The molecule has 1 aliphatic rings. The second-order valence-corrected chi connectivity index (χ2v) is 8.17. The van der Waals surface area contributed by atoms with Crippen molar-refractivity contribution in [2.24, 2.45) is 4.99 Å². The van der Waals surface area contributed by atoms with E-state index in [1.54, 1.807) is 16.2 Å². The van der Waals surface area contributed by atoms with Gasteiger partial charge in [-0.25, -0.2) is 4.39 Å². The number of morpholine rings is 1. The molecular weight excluding hydrogens is 385 g/mol. The van der Waals surface area contributed by atoms with Crippen LogP contribution in [-0.2, 0) is 17.8 Å². The minimum atomic E-state index is -0.208. The molecule has 1 N–H and O–H groups in total. The number of rotatable bonds is 7. The van der Waals surface area contributed by atoms with Crippen LogP contribution in [0.25, 0.3) is 11.3 Å². The molecule has 1 saturated heterocycles. The number of thiazole rings is 1. The summed E-state index contributed by atoms with van der Waals surface area (Å²) >= 11 is 1.66. The highest BCUT2D eigenvalue weighted by molar-refractivity contribution is 7.07. The fraction of sp³-hybridized carbons (Fsp3) is 0.348. The predicted molar refractivity (Wildman–Crippen MR) is 114 cm³/mol. The first kappa shape index (κ1) is 20.0. The van der Waals surface area contributed by atoms with E-state index in [1.165, 1.54) is 17.7 Å². The molecule has 3 aromatic rings. The van der Waals surface area contributed by atoms with Crippen molar-refractivity contribution >= 4 is 11.3 Å². The highest BCUT2D eigenvalue weighted by Crippen LogP contribution is 2.21. The molecule has 0 unspecified atom stereocenters. The summed E-state index contributed by atoms with van der Waals surface area (Å²) in [5.41, 5.74) is 3.34. The normalized spacial score (nSPS) is 15.7. The van der Waals surface area contributed by atoms with Crippen molar-refractivity contribution in [2.75, 3.05) is 32.8 Å². The van der Waals surface area contributed by atoms with Crippen molar-refractivity contribution in [2.45, 2.75) is 19.5 Å². The zero-order chi connectivity index (χ0) is 19.9. The Kier molecular flexibility index (Phi) is 6.87. The standard InChI is InChI=1S/C23H26FN3OS/c24-21-9-7-20(8-10-21)22-18-29-23(25-17-19-5-2-1-3-6-19)27(22)12-4-11-26-13-15-28-16-14-26/h1-3,5-10,18H,4,11-17H2/p+1. The molecule has 1 fully saturated rings. The number of hydrogen-bond donors (Lipinski definition) is 1. The first-order valence-corrected chi connectivity index (χ1v) is 11.1. The van der Waals surface area contributed by atoms with Gasteiger partial charge in [0.05, 0.1) is 32.0 Å². The lowest BCUT2D eigenvalue weighted by molar-refractivity contribution is -0.908. The van der Waals surface area contributed by atoms with Gasteiger partial charge in [0.2, 0.25) is 0 Å². The molecule has 0 atom stereocenters. The van der Waals surface area contributed by atoms with Gasteiger partial charge in [0.15, 0.2) is 4.80 Å². The van der Waals surface area contributed by atoms with E-state index >= 15 is 0 Å². The summed E-state index contributed by atoms with van der Waals surface area (Å²) in [5.74, 6) is -0.208. The van der Waals surface area contributed by atoms with Gasteiger partial charge in [0, 0.05) is 18.3 Å². The maximum absolute atomic E-state index is 13.4. The topological polar surface area (TPSA) is 31.0 Å². The summed E-state index contributed by atoms with van der Waals surface area (Å²) < 4.78 is 21.1. The minimum Gasteiger partial charge on any atom is -0.370 e. The van der Waals surface area contributed by atoms with Gasteiger partial charge >= 0.3 is 0 Å². The predicted octanol–water partition coefficient (Wildman–Crippen LogP) is 2.76. The molecule has 2 heterocycles. The number of ether oxygens (including phenoxy) is 1. The van der Waals surface area contributed by atoms with Gasteiger partial charge in [0.25, 0.3) is 0 Å². The van der Waals surface area contributed by atoms with Crippen LogP contribution in [0.15, 0.2) is 65.0 Å². The second-order valence-electron chi connectivity index (χ2n) is 7.33. The lowest BCUT2D eigenvalue weighted by Gasteiger charge is -2.23. The zero-order valence-electron chi connectivity index (χ0n) is 16.5. The van der Waals surface area contributed by atoms with Crippen molar-refractivity contribution in [3.8, 4) is 11.3 Å². The molecule has 0 spiro atoms. The van der Waals surface area contributed by atoms with Gasteiger partial charge < -0.3 is 14.2 Å². The van der Waals surface area contributed by atoms with E-state index in [2.05, 4.69) is 22.1 Å². The Bertz CT molecular complexity index is 960.